The van der Waals surface area contributed by atoms with E-state index in [-0.39, 0.29) is 24.0 Å². The number of nitrogens with zero attached hydrogens (tertiary/aromatic N) is 1. The standard InChI is InChI=1S/C15H23N3.HI/c1-10-7-11(2)9-12(8-10)17-14(16)18-13-5-6-15(13,3)4;/h7-9,13H,5-6H2,1-4H3,(H3,16,17,18);1H. The molecule has 0 spiro atoms. The van der Waals surface area contributed by atoms with Gasteiger partial charge in [-0.25, -0.2) is 4.99 Å². The Kier molecular flexibility index (Phi) is 5.24. The van der Waals surface area contributed by atoms with Crippen LogP contribution in [0.3, 0.4) is 0 Å². The first-order valence-corrected chi connectivity index (χ1v) is 6.55. The quantitative estimate of drug-likeness (QED) is 0.470. The Morgan fingerprint density at radius 3 is 2.26 bits per heavy atom. The van der Waals surface area contributed by atoms with Gasteiger partial charge in [0.25, 0.3) is 0 Å². The predicted molar refractivity (Wildman–Crippen MR) is 93.4 cm³/mol. The van der Waals surface area contributed by atoms with Crippen molar-refractivity contribution in [3.63, 3.8) is 0 Å². The molecule has 1 aromatic carbocycles. The molecule has 0 aromatic heterocycles. The van der Waals surface area contributed by atoms with E-state index in [1.54, 1.807) is 0 Å². The first kappa shape index (κ1) is 16.3. The lowest BCUT2D eigenvalue weighted by molar-refractivity contribution is 0.145. The highest BCUT2D eigenvalue weighted by molar-refractivity contribution is 14.0. The Labute approximate surface area is 133 Å². The van der Waals surface area contributed by atoms with Crippen molar-refractivity contribution in [3.05, 3.63) is 29.3 Å². The second-order valence-corrected chi connectivity index (χ2v) is 6.06. The third kappa shape index (κ3) is 4.09. The summed E-state index contributed by atoms with van der Waals surface area (Å²) >= 11 is 0. The molecule has 3 nitrogen and oxygen atoms in total. The van der Waals surface area contributed by atoms with Crippen molar-refractivity contribution in [3.8, 4) is 0 Å². The summed E-state index contributed by atoms with van der Waals surface area (Å²) in [5.41, 5.74) is 9.76. The van der Waals surface area contributed by atoms with E-state index in [0.29, 0.717) is 17.4 Å². The number of hydrogen-bond acceptors (Lipinski definition) is 1. The number of nitrogens with two attached hydrogens (primary N) is 1. The van der Waals surface area contributed by atoms with Gasteiger partial charge in [0, 0.05) is 5.69 Å². The number of aryl methyl sites for hydroxylation is 2. The molecule has 0 bridgehead atoms. The van der Waals surface area contributed by atoms with Gasteiger partial charge in [-0.15, -0.1) is 24.0 Å². The molecule has 1 aliphatic carbocycles. The highest BCUT2D eigenvalue weighted by Crippen LogP contribution is 2.42. The van der Waals surface area contributed by atoms with Gasteiger partial charge in [0.1, 0.15) is 0 Å². The van der Waals surface area contributed by atoms with E-state index < -0.39 is 0 Å². The van der Waals surface area contributed by atoms with Crippen LogP contribution in [0.25, 0.3) is 0 Å². The molecule has 1 aliphatic rings. The summed E-state index contributed by atoms with van der Waals surface area (Å²) in [5.74, 6) is 0.526. The van der Waals surface area contributed by atoms with Crippen LogP contribution < -0.4 is 11.1 Å². The van der Waals surface area contributed by atoms with Gasteiger partial charge in [0.05, 0.1) is 6.04 Å². The highest BCUT2D eigenvalue weighted by atomic mass is 127. The van der Waals surface area contributed by atoms with E-state index in [9.17, 15) is 0 Å². The number of hydrogen-bond donors (Lipinski definition) is 2. The maximum Gasteiger partial charge on any atom is 0.193 e. The summed E-state index contributed by atoms with van der Waals surface area (Å²) in [4.78, 5) is 4.57. The van der Waals surface area contributed by atoms with Crippen LogP contribution in [0, 0.1) is 19.3 Å². The molecule has 1 atom stereocenters. The van der Waals surface area contributed by atoms with Crippen LogP contribution in [0.1, 0.15) is 37.8 Å². The first-order chi connectivity index (χ1) is 8.37. The number of aliphatic imine (C=N–C) groups is 1. The van der Waals surface area contributed by atoms with Gasteiger partial charge in [0.15, 0.2) is 5.96 Å². The van der Waals surface area contributed by atoms with E-state index in [1.807, 2.05) is 0 Å². The van der Waals surface area contributed by atoms with Crippen molar-refractivity contribution in [1.82, 2.24) is 0 Å². The number of rotatable bonds is 2. The monoisotopic (exact) mass is 373 g/mol. The molecule has 1 fully saturated rings. The Balaban J connectivity index is 0.00000180. The summed E-state index contributed by atoms with van der Waals surface area (Å²) in [6, 6.07) is 6.67. The molecule has 1 unspecified atom stereocenters. The van der Waals surface area contributed by atoms with Crippen LogP contribution in [0.5, 0.6) is 0 Å². The Hall–Kier alpha value is -0.780. The van der Waals surface area contributed by atoms with Crippen LogP contribution in [-0.2, 0) is 0 Å². The third-order valence-electron chi connectivity index (χ3n) is 3.75. The molecule has 0 heterocycles. The van der Waals surface area contributed by atoms with Gasteiger partial charge in [-0.2, -0.15) is 0 Å². The zero-order valence-electron chi connectivity index (χ0n) is 12.2. The molecule has 0 radical (unpaired) electrons. The maximum absolute atomic E-state index is 5.98. The van der Waals surface area contributed by atoms with E-state index in [0.717, 1.165) is 12.1 Å². The van der Waals surface area contributed by atoms with Gasteiger partial charge < -0.3 is 11.1 Å². The molecule has 2 rings (SSSR count). The number of benzene rings is 1. The van der Waals surface area contributed by atoms with Crippen LogP contribution in [-0.4, -0.2) is 12.0 Å². The lowest BCUT2D eigenvalue weighted by Crippen LogP contribution is -2.40. The molecule has 106 valence electrons. The van der Waals surface area contributed by atoms with E-state index in [1.165, 1.54) is 17.5 Å². The van der Waals surface area contributed by atoms with Crippen molar-refractivity contribution in [2.45, 2.75) is 46.6 Å². The normalized spacial score (nSPS) is 21.3. The average molecular weight is 373 g/mol. The van der Waals surface area contributed by atoms with Crippen LogP contribution >= 0.6 is 24.0 Å². The van der Waals surface area contributed by atoms with Gasteiger partial charge in [0.2, 0.25) is 0 Å². The molecular formula is C15H24IN3. The van der Waals surface area contributed by atoms with Crippen molar-refractivity contribution >= 4 is 35.6 Å². The predicted octanol–water partition coefficient (Wildman–Crippen LogP) is 3.84. The van der Waals surface area contributed by atoms with Crippen LogP contribution in [0.2, 0.25) is 0 Å². The first-order valence-electron chi connectivity index (χ1n) is 6.55. The number of anilines is 1. The smallest absolute Gasteiger partial charge is 0.193 e. The van der Waals surface area contributed by atoms with E-state index >= 15 is 0 Å². The maximum atomic E-state index is 5.98. The zero-order valence-corrected chi connectivity index (χ0v) is 14.5. The highest BCUT2D eigenvalue weighted by Gasteiger charge is 2.38. The lowest BCUT2D eigenvalue weighted by atomic mass is 9.68. The fourth-order valence-corrected chi connectivity index (χ4v) is 2.48. The number of guanidine groups is 1. The van der Waals surface area contributed by atoms with Gasteiger partial charge in [-0.05, 0) is 55.4 Å². The molecule has 1 saturated carbocycles. The number of halogens is 1. The van der Waals surface area contributed by atoms with Crippen molar-refractivity contribution < 1.29 is 0 Å². The Bertz CT molecular complexity index is 460. The second kappa shape index (κ2) is 6.11. The summed E-state index contributed by atoms with van der Waals surface area (Å²) in [5, 5.41) is 3.19. The van der Waals surface area contributed by atoms with Crippen molar-refractivity contribution in [1.29, 1.82) is 0 Å². The Morgan fingerprint density at radius 1 is 1.26 bits per heavy atom. The third-order valence-corrected chi connectivity index (χ3v) is 3.75. The second-order valence-electron chi connectivity index (χ2n) is 6.06. The molecule has 0 aliphatic heterocycles. The Morgan fingerprint density at radius 2 is 1.84 bits per heavy atom. The van der Waals surface area contributed by atoms with Crippen molar-refractivity contribution in [2.24, 2.45) is 16.1 Å². The van der Waals surface area contributed by atoms with Crippen molar-refractivity contribution in [2.75, 3.05) is 5.32 Å². The fraction of sp³-hybridized carbons (Fsp3) is 0.533. The van der Waals surface area contributed by atoms with Gasteiger partial charge in [-0.1, -0.05) is 19.9 Å². The summed E-state index contributed by atoms with van der Waals surface area (Å²) in [7, 11) is 0. The molecular weight excluding hydrogens is 349 g/mol. The van der Waals surface area contributed by atoms with Crippen LogP contribution in [0.4, 0.5) is 5.69 Å². The molecule has 19 heavy (non-hydrogen) atoms. The largest absolute Gasteiger partial charge is 0.370 e. The SMILES string of the molecule is Cc1cc(C)cc(NC(N)=NC2CCC2(C)C)c1.I. The molecule has 1 aromatic rings. The molecule has 0 amide bonds. The minimum Gasteiger partial charge on any atom is -0.370 e. The van der Waals surface area contributed by atoms with Gasteiger partial charge >= 0.3 is 0 Å². The number of nitrogens with one attached hydrogen (secondary N) is 1. The minimum absolute atomic E-state index is 0. The summed E-state index contributed by atoms with van der Waals surface area (Å²) in [6.45, 7) is 8.66. The molecule has 0 saturated heterocycles. The summed E-state index contributed by atoms with van der Waals surface area (Å²) in [6.07, 6.45) is 2.38. The molecule has 4 heteroatoms. The van der Waals surface area contributed by atoms with Gasteiger partial charge in [-0.3, -0.25) is 0 Å². The average Bonchev–Trinajstić information content (AvgIpc) is 2.23. The zero-order chi connectivity index (χ0) is 13.3. The lowest BCUT2D eigenvalue weighted by Gasteiger charge is -2.41. The topological polar surface area (TPSA) is 50.4 Å². The summed E-state index contributed by atoms with van der Waals surface area (Å²) < 4.78 is 0. The van der Waals surface area contributed by atoms with E-state index in [2.05, 4.69) is 56.2 Å². The molecule has 3 N–H and O–H groups in total. The van der Waals surface area contributed by atoms with Crippen LogP contribution in [0.15, 0.2) is 23.2 Å². The van der Waals surface area contributed by atoms with E-state index in [4.69, 9.17) is 5.73 Å². The minimum atomic E-state index is 0. The fourth-order valence-electron chi connectivity index (χ4n) is 2.48.